The van der Waals surface area contributed by atoms with Crippen molar-refractivity contribution >= 4 is 29.4 Å². The summed E-state index contributed by atoms with van der Waals surface area (Å²) in [7, 11) is 3.84. The van der Waals surface area contributed by atoms with Gasteiger partial charge in [0, 0.05) is 24.7 Å². The van der Waals surface area contributed by atoms with Gasteiger partial charge in [0.05, 0.1) is 23.9 Å². The summed E-state index contributed by atoms with van der Waals surface area (Å²) in [4.78, 5) is 43.2. The maximum Gasteiger partial charge on any atom is 0.322 e. The van der Waals surface area contributed by atoms with Gasteiger partial charge in [0.2, 0.25) is 5.91 Å². The summed E-state index contributed by atoms with van der Waals surface area (Å²) in [5, 5.41) is 6.28. The van der Waals surface area contributed by atoms with E-state index in [0.717, 1.165) is 5.56 Å². The Kier molecular flexibility index (Phi) is 6.79. The Labute approximate surface area is 181 Å². The van der Waals surface area contributed by atoms with Crippen LogP contribution in [0.25, 0.3) is 0 Å². The number of hydrogen-bond acceptors (Lipinski definition) is 4. The zero-order valence-corrected chi connectivity index (χ0v) is 17.9. The molecule has 1 aromatic carbocycles. The van der Waals surface area contributed by atoms with Gasteiger partial charge in [0.25, 0.3) is 5.91 Å². The molecule has 160 valence electrons. The largest absolute Gasteiger partial charge is 0.353 e. The molecular weight excluding hydrogens is 406 g/mol. The van der Waals surface area contributed by atoms with Gasteiger partial charge in [-0.15, -0.1) is 6.58 Å². The number of likely N-dealkylation sites (N-methyl/N-ethyl adjacent to an activating group) is 1. The molecule has 1 atom stereocenters. The van der Waals surface area contributed by atoms with E-state index in [-0.39, 0.29) is 37.5 Å². The van der Waals surface area contributed by atoms with Crippen molar-refractivity contribution in [2.45, 2.75) is 6.04 Å². The predicted octanol–water partition coefficient (Wildman–Crippen LogP) is 1.37. The van der Waals surface area contributed by atoms with Crippen LogP contribution in [0.4, 0.5) is 4.79 Å². The second-order valence-corrected chi connectivity index (χ2v) is 7.94. The van der Waals surface area contributed by atoms with Gasteiger partial charge in [-0.25, -0.2) is 4.79 Å². The maximum absolute atomic E-state index is 13.2. The first-order valence-electron chi connectivity index (χ1n) is 9.70. The molecule has 4 amide bonds. The maximum atomic E-state index is 13.2. The zero-order chi connectivity index (χ0) is 21.8. The first kappa shape index (κ1) is 21.9. The third-order valence-electron chi connectivity index (χ3n) is 5.03. The molecule has 0 saturated heterocycles. The minimum absolute atomic E-state index is 0.0667. The molecule has 2 aliphatic heterocycles. The number of hydrogen-bond donors (Lipinski definition) is 2. The Bertz CT molecular complexity index is 881. The minimum atomic E-state index is -0.597. The fraction of sp³-hybridized carbons (Fsp3) is 0.381. The molecule has 2 N–H and O–H groups in total. The number of nitrogens with zero attached hydrogens (tertiary/aromatic N) is 3. The van der Waals surface area contributed by atoms with Gasteiger partial charge in [0.15, 0.2) is 0 Å². The molecule has 0 radical (unpaired) electrons. The van der Waals surface area contributed by atoms with Crippen LogP contribution < -0.4 is 10.6 Å². The van der Waals surface area contributed by atoms with Crippen molar-refractivity contribution in [1.29, 1.82) is 0 Å². The number of amides is 4. The molecule has 0 bridgehead atoms. The van der Waals surface area contributed by atoms with Gasteiger partial charge in [-0.3, -0.25) is 14.5 Å². The Morgan fingerprint density at radius 2 is 2.03 bits per heavy atom. The minimum Gasteiger partial charge on any atom is -0.353 e. The Hall–Kier alpha value is -2.84. The van der Waals surface area contributed by atoms with Crippen molar-refractivity contribution in [3.63, 3.8) is 0 Å². The van der Waals surface area contributed by atoms with Gasteiger partial charge < -0.3 is 20.4 Å². The second kappa shape index (κ2) is 9.32. The summed E-state index contributed by atoms with van der Waals surface area (Å²) in [6.07, 6.45) is 1.61. The van der Waals surface area contributed by atoms with Crippen molar-refractivity contribution in [3.05, 3.63) is 58.8 Å². The van der Waals surface area contributed by atoms with Crippen LogP contribution in [0, 0.1) is 0 Å². The number of carbonyl (C=O) groups excluding carboxylic acids is 3. The van der Waals surface area contributed by atoms with E-state index >= 15 is 0 Å². The quantitative estimate of drug-likeness (QED) is 0.609. The molecule has 0 saturated carbocycles. The number of carbonyl (C=O) groups is 3. The number of urea groups is 1. The molecule has 0 unspecified atom stereocenters. The molecule has 2 heterocycles. The molecular formula is C21H26ClN5O3. The molecule has 9 heteroatoms. The highest BCUT2D eigenvalue weighted by Crippen LogP contribution is 2.36. The molecule has 0 aliphatic carbocycles. The number of rotatable bonds is 8. The van der Waals surface area contributed by atoms with E-state index < -0.39 is 6.04 Å². The summed E-state index contributed by atoms with van der Waals surface area (Å²) >= 11 is 5.98. The lowest BCUT2D eigenvalue weighted by molar-refractivity contribution is -0.131. The predicted molar refractivity (Wildman–Crippen MR) is 115 cm³/mol. The van der Waals surface area contributed by atoms with Crippen LogP contribution in [-0.4, -0.2) is 79.4 Å². The van der Waals surface area contributed by atoms with Crippen LogP contribution in [0.15, 0.2) is 48.2 Å². The summed E-state index contributed by atoms with van der Waals surface area (Å²) < 4.78 is 0. The van der Waals surface area contributed by atoms with E-state index in [1.165, 1.54) is 9.80 Å². The number of nitrogens with one attached hydrogen (secondary N) is 2. The molecule has 8 nitrogen and oxygen atoms in total. The topological polar surface area (TPSA) is 85.0 Å². The van der Waals surface area contributed by atoms with Crippen molar-refractivity contribution in [2.75, 3.05) is 46.8 Å². The van der Waals surface area contributed by atoms with Crippen molar-refractivity contribution in [1.82, 2.24) is 25.3 Å². The molecule has 0 fully saturated rings. The number of halogens is 1. The van der Waals surface area contributed by atoms with Gasteiger partial charge in [-0.1, -0.05) is 29.8 Å². The van der Waals surface area contributed by atoms with Gasteiger partial charge in [-0.05, 0) is 31.8 Å². The van der Waals surface area contributed by atoms with E-state index in [1.807, 2.05) is 19.0 Å². The van der Waals surface area contributed by atoms with Crippen LogP contribution >= 0.6 is 11.6 Å². The van der Waals surface area contributed by atoms with Crippen LogP contribution in [0.3, 0.4) is 0 Å². The molecule has 2 aliphatic rings. The van der Waals surface area contributed by atoms with E-state index in [2.05, 4.69) is 17.2 Å². The van der Waals surface area contributed by atoms with Crippen LogP contribution in [0.1, 0.15) is 11.6 Å². The Balaban J connectivity index is 1.82. The number of benzene rings is 1. The lowest BCUT2D eigenvalue weighted by atomic mass is 9.95. The van der Waals surface area contributed by atoms with Crippen molar-refractivity contribution < 1.29 is 14.4 Å². The van der Waals surface area contributed by atoms with Crippen molar-refractivity contribution in [3.8, 4) is 0 Å². The first-order chi connectivity index (χ1) is 14.3. The Morgan fingerprint density at radius 1 is 1.33 bits per heavy atom. The SMILES string of the molecule is C=CCN1C(=O)N[C@H](c2ccc(Cl)cc2)C2=C1CN(CC(=O)NCCN(C)C)C2=O. The van der Waals surface area contributed by atoms with Crippen LogP contribution in [0.2, 0.25) is 5.02 Å². The zero-order valence-electron chi connectivity index (χ0n) is 17.2. The van der Waals surface area contributed by atoms with E-state index in [1.54, 1.807) is 30.3 Å². The monoisotopic (exact) mass is 431 g/mol. The lowest BCUT2D eigenvalue weighted by Crippen LogP contribution is -2.47. The summed E-state index contributed by atoms with van der Waals surface area (Å²) in [5.74, 6) is -0.496. The highest BCUT2D eigenvalue weighted by atomic mass is 35.5. The fourth-order valence-corrected chi connectivity index (χ4v) is 3.68. The van der Waals surface area contributed by atoms with Gasteiger partial charge in [0.1, 0.15) is 6.54 Å². The molecule has 3 rings (SSSR count). The normalized spacial score (nSPS) is 18.6. The fourth-order valence-electron chi connectivity index (χ4n) is 3.55. The summed E-state index contributed by atoms with van der Waals surface area (Å²) in [6, 6.07) is 6.10. The molecule has 0 spiro atoms. The molecule has 30 heavy (non-hydrogen) atoms. The smallest absolute Gasteiger partial charge is 0.322 e. The summed E-state index contributed by atoms with van der Waals surface area (Å²) in [5.41, 5.74) is 1.83. The third-order valence-corrected chi connectivity index (χ3v) is 5.28. The van der Waals surface area contributed by atoms with Gasteiger partial charge in [-0.2, -0.15) is 0 Å². The van der Waals surface area contributed by atoms with E-state index in [4.69, 9.17) is 11.6 Å². The highest BCUT2D eigenvalue weighted by molar-refractivity contribution is 6.30. The molecule has 1 aromatic rings. The van der Waals surface area contributed by atoms with Crippen LogP contribution in [0.5, 0.6) is 0 Å². The standard InChI is InChI=1S/C21H26ClN5O3/c1-4-10-27-16-12-26(13-17(28)23-9-11-25(2)3)20(29)18(16)19(24-21(27)30)14-5-7-15(22)8-6-14/h4-8,19H,1,9-13H2,2-3H3,(H,23,28)(H,24,30)/t19-/m1/s1. The molecule has 0 aromatic heterocycles. The summed E-state index contributed by atoms with van der Waals surface area (Å²) in [6.45, 7) is 5.30. The third kappa shape index (κ3) is 4.66. The average Bonchev–Trinajstić information content (AvgIpc) is 3.00. The average molecular weight is 432 g/mol. The van der Waals surface area contributed by atoms with Crippen molar-refractivity contribution in [2.24, 2.45) is 0 Å². The lowest BCUT2D eigenvalue weighted by Gasteiger charge is -2.33. The van der Waals surface area contributed by atoms with E-state index in [0.29, 0.717) is 29.4 Å². The second-order valence-electron chi connectivity index (χ2n) is 7.51. The Morgan fingerprint density at radius 3 is 2.67 bits per heavy atom. The highest BCUT2D eigenvalue weighted by Gasteiger charge is 2.44. The van der Waals surface area contributed by atoms with Crippen LogP contribution in [-0.2, 0) is 9.59 Å². The van der Waals surface area contributed by atoms with E-state index in [9.17, 15) is 14.4 Å². The first-order valence-corrected chi connectivity index (χ1v) is 10.1. The van der Waals surface area contributed by atoms with Gasteiger partial charge >= 0.3 is 6.03 Å².